The number of amides is 1. The quantitative estimate of drug-likeness (QED) is 0.734. The van der Waals surface area contributed by atoms with E-state index in [4.69, 9.17) is 4.74 Å². The molecule has 1 unspecified atom stereocenters. The first kappa shape index (κ1) is 17.5. The number of benzene rings is 1. The third-order valence-corrected chi connectivity index (χ3v) is 3.33. The highest BCUT2D eigenvalue weighted by molar-refractivity contribution is 6.00. The molecule has 0 spiro atoms. The Balaban J connectivity index is 2.85. The topological polar surface area (TPSA) is 50.4 Å². The van der Waals surface area contributed by atoms with E-state index in [1.54, 1.807) is 7.11 Å². The number of carbonyl (C=O) groups excluding carboxylic acids is 1. The second-order valence-corrected chi connectivity index (χ2v) is 5.39. The van der Waals surface area contributed by atoms with Crippen molar-refractivity contribution in [2.24, 2.45) is 0 Å². The van der Waals surface area contributed by atoms with Crippen LogP contribution in [-0.4, -0.2) is 32.2 Å². The molecule has 1 atom stereocenters. The molecular weight excluding hydrogens is 264 g/mol. The molecular formula is C17H28N2O2. The fourth-order valence-electron chi connectivity index (χ4n) is 2.27. The number of anilines is 1. The predicted octanol–water partition coefficient (Wildman–Crippen LogP) is 3.36. The van der Waals surface area contributed by atoms with Gasteiger partial charge in [0, 0.05) is 19.3 Å². The number of methoxy groups -OCH3 is 1. The molecule has 0 saturated heterocycles. The summed E-state index contributed by atoms with van der Waals surface area (Å²) in [5.74, 6) is -0.0344. The highest BCUT2D eigenvalue weighted by Gasteiger charge is 2.16. The Morgan fingerprint density at radius 1 is 1.29 bits per heavy atom. The fraction of sp³-hybridized carbons (Fsp3) is 0.588. The van der Waals surface area contributed by atoms with Crippen molar-refractivity contribution in [1.82, 2.24) is 5.32 Å². The second-order valence-electron chi connectivity index (χ2n) is 5.39. The number of hydrogen-bond donors (Lipinski definition) is 2. The zero-order valence-corrected chi connectivity index (χ0v) is 13.7. The molecule has 2 N–H and O–H groups in total. The number of rotatable bonds is 9. The minimum absolute atomic E-state index is 0.0344. The number of hydrogen-bond acceptors (Lipinski definition) is 3. The maximum absolute atomic E-state index is 12.5. The minimum atomic E-state index is -0.0344. The SMILES string of the molecule is CCCNc1ccc(C)cc1C(=O)NC(CCC)COC. The number of ether oxygens (including phenoxy) is 1. The Bertz CT molecular complexity index is 440. The standard InChI is InChI=1S/C17H28N2O2/c1-5-7-14(12-21-4)19-17(20)15-11-13(3)8-9-16(15)18-10-6-2/h8-9,11,14,18H,5-7,10,12H2,1-4H3,(H,19,20). The Hall–Kier alpha value is -1.55. The molecule has 0 bridgehead atoms. The highest BCUT2D eigenvalue weighted by Crippen LogP contribution is 2.18. The van der Waals surface area contributed by atoms with E-state index in [2.05, 4.69) is 24.5 Å². The molecule has 0 aliphatic carbocycles. The summed E-state index contributed by atoms with van der Waals surface area (Å²) in [4.78, 5) is 12.5. The van der Waals surface area contributed by atoms with Gasteiger partial charge in [0.15, 0.2) is 0 Å². The van der Waals surface area contributed by atoms with Crippen LogP contribution in [0.5, 0.6) is 0 Å². The lowest BCUT2D eigenvalue weighted by Crippen LogP contribution is -2.38. The van der Waals surface area contributed by atoms with Crippen LogP contribution in [0.4, 0.5) is 5.69 Å². The van der Waals surface area contributed by atoms with E-state index in [1.165, 1.54) is 0 Å². The Morgan fingerprint density at radius 3 is 2.67 bits per heavy atom. The lowest BCUT2D eigenvalue weighted by atomic mass is 10.1. The van der Waals surface area contributed by atoms with E-state index in [0.29, 0.717) is 12.2 Å². The van der Waals surface area contributed by atoms with Gasteiger partial charge in [0.25, 0.3) is 5.91 Å². The normalized spacial score (nSPS) is 12.0. The van der Waals surface area contributed by atoms with Gasteiger partial charge in [-0.15, -0.1) is 0 Å². The summed E-state index contributed by atoms with van der Waals surface area (Å²) in [5.41, 5.74) is 2.69. The lowest BCUT2D eigenvalue weighted by Gasteiger charge is -2.19. The van der Waals surface area contributed by atoms with Gasteiger partial charge in [-0.25, -0.2) is 0 Å². The maximum atomic E-state index is 12.5. The van der Waals surface area contributed by atoms with Crippen LogP contribution in [0.25, 0.3) is 0 Å². The smallest absolute Gasteiger partial charge is 0.253 e. The zero-order valence-electron chi connectivity index (χ0n) is 13.7. The minimum Gasteiger partial charge on any atom is -0.384 e. The molecule has 0 fully saturated rings. The van der Waals surface area contributed by atoms with Crippen molar-refractivity contribution in [2.45, 2.75) is 46.1 Å². The molecule has 0 heterocycles. The Morgan fingerprint density at radius 2 is 2.05 bits per heavy atom. The van der Waals surface area contributed by atoms with Gasteiger partial charge in [-0.2, -0.15) is 0 Å². The first-order chi connectivity index (χ1) is 10.1. The molecule has 0 aliphatic rings. The predicted molar refractivity (Wildman–Crippen MR) is 88.0 cm³/mol. The van der Waals surface area contributed by atoms with Gasteiger partial charge in [-0.3, -0.25) is 4.79 Å². The van der Waals surface area contributed by atoms with Gasteiger partial charge in [0.2, 0.25) is 0 Å². The average molecular weight is 292 g/mol. The van der Waals surface area contributed by atoms with Crippen LogP contribution in [0, 0.1) is 6.92 Å². The van der Waals surface area contributed by atoms with Crippen molar-refractivity contribution in [3.05, 3.63) is 29.3 Å². The van der Waals surface area contributed by atoms with Gasteiger partial charge in [-0.05, 0) is 31.9 Å². The second kappa shape index (κ2) is 9.40. The summed E-state index contributed by atoms with van der Waals surface area (Å²) in [6.45, 7) is 7.62. The third-order valence-electron chi connectivity index (χ3n) is 3.33. The Labute approximate surface area is 128 Å². The molecule has 0 aliphatic heterocycles. The van der Waals surface area contributed by atoms with Crippen LogP contribution in [0.2, 0.25) is 0 Å². The molecule has 4 heteroatoms. The molecule has 1 amide bonds. The highest BCUT2D eigenvalue weighted by atomic mass is 16.5. The van der Waals surface area contributed by atoms with E-state index >= 15 is 0 Å². The molecule has 1 aromatic carbocycles. The summed E-state index contributed by atoms with van der Waals surface area (Å²) >= 11 is 0. The van der Waals surface area contributed by atoms with Gasteiger partial charge in [0.1, 0.15) is 0 Å². The van der Waals surface area contributed by atoms with Crippen molar-refractivity contribution in [3.8, 4) is 0 Å². The molecule has 0 radical (unpaired) electrons. The monoisotopic (exact) mass is 292 g/mol. The summed E-state index contributed by atoms with van der Waals surface area (Å²) < 4.78 is 5.18. The van der Waals surface area contributed by atoms with Crippen molar-refractivity contribution in [3.63, 3.8) is 0 Å². The summed E-state index contributed by atoms with van der Waals surface area (Å²) in [6.07, 6.45) is 2.96. The molecule has 4 nitrogen and oxygen atoms in total. The molecule has 0 saturated carbocycles. The van der Waals surface area contributed by atoms with Crippen LogP contribution in [0.1, 0.15) is 49.0 Å². The molecule has 1 aromatic rings. The summed E-state index contributed by atoms with van der Waals surface area (Å²) in [5, 5.41) is 6.39. The Kier molecular flexibility index (Phi) is 7.83. The van der Waals surface area contributed by atoms with Gasteiger partial charge in [0.05, 0.1) is 18.2 Å². The first-order valence-corrected chi connectivity index (χ1v) is 7.76. The van der Waals surface area contributed by atoms with E-state index in [9.17, 15) is 4.79 Å². The van der Waals surface area contributed by atoms with E-state index in [-0.39, 0.29) is 11.9 Å². The molecule has 1 rings (SSSR count). The zero-order chi connectivity index (χ0) is 15.7. The average Bonchev–Trinajstić information content (AvgIpc) is 2.46. The van der Waals surface area contributed by atoms with Crippen LogP contribution >= 0.6 is 0 Å². The first-order valence-electron chi connectivity index (χ1n) is 7.76. The maximum Gasteiger partial charge on any atom is 0.253 e. The van der Waals surface area contributed by atoms with Crippen molar-refractivity contribution < 1.29 is 9.53 Å². The number of nitrogens with one attached hydrogen (secondary N) is 2. The summed E-state index contributed by atoms with van der Waals surface area (Å²) in [7, 11) is 1.66. The lowest BCUT2D eigenvalue weighted by molar-refractivity contribution is 0.0892. The fourth-order valence-corrected chi connectivity index (χ4v) is 2.27. The molecule has 21 heavy (non-hydrogen) atoms. The largest absolute Gasteiger partial charge is 0.384 e. The van der Waals surface area contributed by atoms with Crippen LogP contribution < -0.4 is 10.6 Å². The molecule has 0 aromatic heterocycles. The van der Waals surface area contributed by atoms with E-state index in [0.717, 1.165) is 37.1 Å². The van der Waals surface area contributed by atoms with E-state index < -0.39 is 0 Å². The van der Waals surface area contributed by atoms with Crippen LogP contribution in [0.3, 0.4) is 0 Å². The van der Waals surface area contributed by atoms with Gasteiger partial charge < -0.3 is 15.4 Å². The number of aryl methyl sites for hydroxylation is 1. The number of carbonyl (C=O) groups is 1. The molecule has 118 valence electrons. The van der Waals surface area contributed by atoms with E-state index in [1.807, 2.05) is 25.1 Å². The van der Waals surface area contributed by atoms with Crippen molar-refractivity contribution >= 4 is 11.6 Å². The van der Waals surface area contributed by atoms with Crippen LogP contribution in [0.15, 0.2) is 18.2 Å². The van der Waals surface area contributed by atoms with Gasteiger partial charge >= 0.3 is 0 Å². The van der Waals surface area contributed by atoms with Crippen molar-refractivity contribution in [1.29, 1.82) is 0 Å². The van der Waals surface area contributed by atoms with Gasteiger partial charge in [-0.1, -0.05) is 31.9 Å². The van der Waals surface area contributed by atoms with Crippen molar-refractivity contribution in [2.75, 3.05) is 25.6 Å². The van der Waals surface area contributed by atoms with Crippen LogP contribution in [-0.2, 0) is 4.74 Å². The summed E-state index contributed by atoms with van der Waals surface area (Å²) in [6, 6.07) is 5.99. The third kappa shape index (κ3) is 5.76.